The molecule has 1 aromatic heterocycles. The number of fused-ring (bicyclic) bond motifs is 1. The molecule has 0 spiro atoms. The number of aliphatic hydroxyl groups excluding tert-OH is 1. The van der Waals surface area contributed by atoms with Crippen molar-refractivity contribution in [3.63, 3.8) is 0 Å². The molecule has 2 rings (SSSR count). The minimum atomic E-state index is -0.130. The number of aliphatic hydroxyl groups is 1. The molecule has 2 N–H and O–H groups in total. The van der Waals surface area contributed by atoms with E-state index in [0.717, 1.165) is 41.4 Å². The normalized spacial score (nSPS) is 14.4. The predicted molar refractivity (Wildman–Crippen MR) is 93.4 cm³/mol. The summed E-state index contributed by atoms with van der Waals surface area (Å²) in [4.78, 5) is 4.63. The molecule has 2 aromatic rings. The maximum Gasteiger partial charge on any atom is 0.151 e. The quantitative estimate of drug-likeness (QED) is 0.542. The number of hydrogen-bond donors (Lipinski definition) is 2. The van der Waals surface area contributed by atoms with Crippen LogP contribution in [0.25, 0.3) is 10.2 Å². The molecule has 116 valence electrons. The lowest BCUT2D eigenvalue weighted by Crippen LogP contribution is -2.45. The number of unbranched alkanes of at least 4 members (excludes halogenated alkanes) is 1. The highest BCUT2D eigenvalue weighted by molar-refractivity contribution is 8.01. The molecule has 1 heterocycles. The van der Waals surface area contributed by atoms with Gasteiger partial charge in [-0.15, -0.1) is 11.3 Å². The first-order chi connectivity index (χ1) is 10.2. The number of nitrogens with one attached hydrogen (secondary N) is 1. The van der Waals surface area contributed by atoms with E-state index in [4.69, 9.17) is 0 Å². The van der Waals surface area contributed by atoms with Gasteiger partial charge in [-0.2, -0.15) is 0 Å². The highest BCUT2D eigenvalue weighted by Gasteiger charge is 2.20. The molecule has 0 aliphatic heterocycles. The van der Waals surface area contributed by atoms with E-state index in [2.05, 4.69) is 42.3 Å². The van der Waals surface area contributed by atoms with Gasteiger partial charge in [-0.3, -0.25) is 0 Å². The summed E-state index contributed by atoms with van der Waals surface area (Å²) in [7, 11) is 0. The fourth-order valence-electron chi connectivity index (χ4n) is 2.34. The Morgan fingerprint density at radius 2 is 2.14 bits per heavy atom. The maximum atomic E-state index is 9.46. The van der Waals surface area contributed by atoms with Crippen LogP contribution in [0.3, 0.4) is 0 Å². The van der Waals surface area contributed by atoms with E-state index in [1.54, 1.807) is 11.3 Å². The summed E-state index contributed by atoms with van der Waals surface area (Å²) in [6.45, 7) is 5.28. The average Bonchev–Trinajstić information content (AvgIpc) is 2.90. The third kappa shape index (κ3) is 4.95. The lowest BCUT2D eigenvalue weighted by molar-refractivity contribution is 0.165. The van der Waals surface area contributed by atoms with E-state index in [-0.39, 0.29) is 12.1 Å². The van der Waals surface area contributed by atoms with E-state index in [1.807, 2.05) is 17.8 Å². The molecular formula is C16H24N2OS2. The fraction of sp³-hybridized carbons (Fsp3) is 0.562. The summed E-state index contributed by atoms with van der Waals surface area (Å²) in [5, 5.41) is 12.8. The summed E-state index contributed by atoms with van der Waals surface area (Å²) in [6, 6.07) is 8.29. The third-order valence-electron chi connectivity index (χ3n) is 3.58. The molecule has 1 unspecified atom stereocenters. The van der Waals surface area contributed by atoms with Crippen LogP contribution < -0.4 is 5.32 Å². The van der Waals surface area contributed by atoms with Crippen molar-refractivity contribution in [1.82, 2.24) is 10.3 Å². The minimum Gasteiger partial charge on any atom is -0.394 e. The van der Waals surface area contributed by atoms with Crippen LogP contribution >= 0.6 is 23.1 Å². The molecule has 0 aliphatic rings. The van der Waals surface area contributed by atoms with Gasteiger partial charge >= 0.3 is 0 Å². The van der Waals surface area contributed by atoms with E-state index in [0.29, 0.717) is 0 Å². The molecule has 0 radical (unpaired) electrons. The van der Waals surface area contributed by atoms with Crippen molar-refractivity contribution in [1.29, 1.82) is 0 Å². The highest BCUT2D eigenvalue weighted by atomic mass is 32.2. The van der Waals surface area contributed by atoms with Crippen LogP contribution in [0.4, 0.5) is 0 Å². The van der Waals surface area contributed by atoms with Crippen molar-refractivity contribution in [2.75, 3.05) is 18.9 Å². The summed E-state index contributed by atoms with van der Waals surface area (Å²) < 4.78 is 2.42. The first-order valence-electron chi connectivity index (χ1n) is 7.51. The lowest BCUT2D eigenvalue weighted by atomic mass is 9.96. The van der Waals surface area contributed by atoms with E-state index in [9.17, 15) is 5.11 Å². The number of thioether (sulfide) groups is 1. The Morgan fingerprint density at radius 1 is 1.33 bits per heavy atom. The summed E-state index contributed by atoms with van der Waals surface area (Å²) >= 11 is 3.62. The number of hydrogen-bond acceptors (Lipinski definition) is 5. The number of para-hydroxylation sites is 1. The van der Waals surface area contributed by atoms with Crippen LogP contribution in [-0.4, -0.2) is 34.5 Å². The van der Waals surface area contributed by atoms with Crippen LogP contribution in [0.15, 0.2) is 28.6 Å². The van der Waals surface area contributed by atoms with E-state index < -0.39 is 0 Å². The summed E-state index contributed by atoms with van der Waals surface area (Å²) in [5.74, 6) is 1.09. The van der Waals surface area contributed by atoms with Gasteiger partial charge in [-0.05, 0) is 38.4 Å². The molecule has 1 aromatic carbocycles. The van der Waals surface area contributed by atoms with Crippen molar-refractivity contribution in [2.45, 2.75) is 43.0 Å². The second kappa shape index (κ2) is 8.13. The van der Waals surface area contributed by atoms with Gasteiger partial charge in [0.2, 0.25) is 0 Å². The van der Waals surface area contributed by atoms with Crippen LogP contribution in [0, 0.1) is 0 Å². The Kier molecular flexibility index (Phi) is 6.48. The molecule has 0 aliphatic carbocycles. The smallest absolute Gasteiger partial charge is 0.151 e. The average molecular weight is 325 g/mol. The van der Waals surface area contributed by atoms with Gasteiger partial charge in [-0.1, -0.05) is 37.2 Å². The van der Waals surface area contributed by atoms with Gasteiger partial charge in [0.1, 0.15) is 0 Å². The monoisotopic (exact) mass is 324 g/mol. The Balaban J connectivity index is 1.72. The van der Waals surface area contributed by atoms with Crippen molar-refractivity contribution in [2.24, 2.45) is 0 Å². The van der Waals surface area contributed by atoms with Crippen LogP contribution in [0.2, 0.25) is 0 Å². The molecule has 0 amide bonds. The van der Waals surface area contributed by atoms with Crippen molar-refractivity contribution >= 4 is 33.3 Å². The predicted octanol–water partition coefficient (Wildman–Crippen LogP) is 3.92. The topological polar surface area (TPSA) is 45.1 Å². The minimum absolute atomic E-state index is 0.130. The van der Waals surface area contributed by atoms with Gasteiger partial charge < -0.3 is 10.4 Å². The summed E-state index contributed by atoms with van der Waals surface area (Å²) in [5.41, 5.74) is 0.972. The molecule has 0 saturated heterocycles. The van der Waals surface area contributed by atoms with Gasteiger partial charge in [0.15, 0.2) is 4.34 Å². The SMILES string of the molecule is CCNC(C)(CO)CCCCSc1nc2ccccc2s1. The second-order valence-corrected chi connectivity index (χ2v) is 7.87. The second-order valence-electron chi connectivity index (χ2n) is 5.50. The van der Waals surface area contributed by atoms with Crippen LogP contribution in [0.1, 0.15) is 33.1 Å². The molecule has 0 saturated carbocycles. The standard InChI is InChI=1S/C16H24N2OS2/c1-3-17-16(2,12-19)10-6-7-11-20-15-18-13-8-4-5-9-14(13)21-15/h4-5,8-9,17,19H,3,6-7,10-12H2,1-2H3. The largest absolute Gasteiger partial charge is 0.394 e. The Hall–Kier alpha value is -0.620. The van der Waals surface area contributed by atoms with Crippen molar-refractivity contribution in [3.8, 4) is 0 Å². The zero-order valence-corrected chi connectivity index (χ0v) is 14.4. The Morgan fingerprint density at radius 3 is 2.86 bits per heavy atom. The van der Waals surface area contributed by atoms with E-state index in [1.165, 1.54) is 4.70 Å². The lowest BCUT2D eigenvalue weighted by Gasteiger charge is -2.28. The molecule has 3 nitrogen and oxygen atoms in total. The number of aromatic nitrogens is 1. The molecular weight excluding hydrogens is 300 g/mol. The number of likely N-dealkylation sites (N-methyl/N-ethyl adjacent to an activating group) is 1. The molecule has 1 atom stereocenters. The first kappa shape index (κ1) is 16.7. The number of thiazole rings is 1. The van der Waals surface area contributed by atoms with Crippen LogP contribution in [-0.2, 0) is 0 Å². The molecule has 0 bridgehead atoms. The maximum absolute atomic E-state index is 9.46. The fourth-order valence-corrected chi connectivity index (χ4v) is 4.48. The molecule has 5 heteroatoms. The summed E-state index contributed by atoms with van der Waals surface area (Å²) in [6.07, 6.45) is 3.29. The molecule has 21 heavy (non-hydrogen) atoms. The zero-order valence-electron chi connectivity index (χ0n) is 12.8. The first-order valence-corrected chi connectivity index (χ1v) is 9.31. The Labute approximate surface area is 135 Å². The van der Waals surface area contributed by atoms with Gasteiger partial charge in [0, 0.05) is 11.3 Å². The molecule has 0 fully saturated rings. The number of benzene rings is 1. The van der Waals surface area contributed by atoms with Crippen molar-refractivity contribution < 1.29 is 5.11 Å². The van der Waals surface area contributed by atoms with Gasteiger partial charge in [0.05, 0.1) is 16.8 Å². The van der Waals surface area contributed by atoms with Crippen molar-refractivity contribution in [3.05, 3.63) is 24.3 Å². The third-order valence-corrected chi connectivity index (χ3v) is 5.84. The Bertz CT molecular complexity index is 525. The van der Waals surface area contributed by atoms with Crippen LogP contribution in [0.5, 0.6) is 0 Å². The number of rotatable bonds is 9. The van der Waals surface area contributed by atoms with E-state index >= 15 is 0 Å². The highest BCUT2D eigenvalue weighted by Crippen LogP contribution is 2.30. The number of nitrogens with zero attached hydrogens (tertiary/aromatic N) is 1. The van der Waals surface area contributed by atoms with Gasteiger partial charge in [0.25, 0.3) is 0 Å². The van der Waals surface area contributed by atoms with Gasteiger partial charge in [-0.25, -0.2) is 4.98 Å². The zero-order chi connectivity index (χ0) is 15.1.